The summed E-state index contributed by atoms with van der Waals surface area (Å²) in [4.78, 5) is 3.57. The van der Waals surface area contributed by atoms with Gasteiger partial charge in [0.15, 0.2) is 0 Å². The van der Waals surface area contributed by atoms with E-state index in [1.807, 2.05) is 0 Å². The Bertz CT molecular complexity index is 666. The lowest BCUT2D eigenvalue weighted by molar-refractivity contribution is -0.137. The highest BCUT2D eigenvalue weighted by molar-refractivity contribution is 6.41. The number of hydrogen-bond donors (Lipinski definition) is 0. The molecule has 0 aliphatic heterocycles. The van der Waals surface area contributed by atoms with Crippen molar-refractivity contribution in [1.82, 2.24) is 4.98 Å². The number of hydrogen-bond acceptors (Lipinski definition) is 2. The maximum absolute atomic E-state index is 13.1. The molecule has 1 aromatic carbocycles. The topological polar surface area (TPSA) is 22.1 Å². The van der Waals surface area contributed by atoms with E-state index in [4.69, 9.17) is 39.5 Å². The first-order valence-corrected chi connectivity index (χ1v) is 6.63. The van der Waals surface area contributed by atoms with Gasteiger partial charge in [0, 0.05) is 28.4 Å². The molecule has 0 saturated carbocycles. The number of benzene rings is 1. The highest BCUT2D eigenvalue weighted by Crippen LogP contribution is 2.44. The number of aromatic nitrogens is 1. The van der Waals surface area contributed by atoms with E-state index in [0.29, 0.717) is 6.20 Å². The first-order valence-electron chi connectivity index (χ1n) is 5.50. The van der Waals surface area contributed by atoms with Gasteiger partial charge in [-0.1, -0.05) is 34.8 Å². The average molecular weight is 357 g/mol. The third-order valence-electron chi connectivity index (χ3n) is 2.67. The minimum Gasteiger partial charge on any atom is -0.481 e. The Labute approximate surface area is 133 Å². The van der Waals surface area contributed by atoms with Crippen LogP contribution >= 0.6 is 34.8 Å². The van der Waals surface area contributed by atoms with E-state index >= 15 is 0 Å². The van der Waals surface area contributed by atoms with Crippen LogP contribution < -0.4 is 4.74 Å². The summed E-state index contributed by atoms with van der Waals surface area (Å²) in [5.41, 5.74) is -1.16. The standard InChI is InChI=1S/C13H7Cl3F3NO/c1-21-11-4-7(8(5-20-11)13(17,18)19)12-9(15)2-6(14)3-10(12)16/h2-5H,1H3. The van der Waals surface area contributed by atoms with Crippen LogP contribution in [0.2, 0.25) is 15.1 Å². The summed E-state index contributed by atoms with van der Waals surface area (Å²) in [5.74, 6) is 0.0140. The number of halogens is 6. The molecule has 2 aromatic rings. The maximum Gasteiger partial charge on any atom is 0.418 e. The predicted molar refractivity (Wildman–Crippen MR) is 76.3 cm³/mol. The molecule has 21 heavy (non-hydrogen) atoms. The lowest BCUT2D eigenvalue weighted by Crippen LogP contribution is -2.08. The first kappa shape index (κ1) is 16.2. The van der Waals surface area contributed by atoms with E-state index in [1.165, 1.54) is 19.2 Å². The summed E-state index contributed by atoms with van der Waals surface area (Å²) < 4.78 is 44.2. The van der Waals surface area contributed by atoms with E-state index in [-0.39, 0.29) is 32.1 Å². The van der Waals surface area contributed by atoms with E-state index in [1.54, 1.807) is 0 Å². The van der Waals surface area contributed by atoms with Crippen molar-refractivity contribution in [2.75, 3.05) is 7.11 Å². The van der Waals surface area contributed by atoms with E-state index in [2.05, 4.69) is 4.98 Å². The van der Waals surface area contributed by atoms with Gasteiger partial charge in [0.2, 0.25) is 5.88 Å². The molecule has 0 unspecified atom stereocenters. The van der Waals surface area contributed by atoms with Crippen molar-refractivity contribution in [2.45, 2.75) is 6.18 Å². The number of ether oxygens (including phenoxy) is 1. The zero-order valence-corrected chi connectivity index (χ0v) is 12.7. The molecule has 0 aliphatic rings. The average Bonchev–Trinajstić information content (AvgIpc) is 2.36. The molecule has 0 atom stereocenters. The molecule has 0 N–H and O–H groups in total. The molecule has 0 aliphatic carbocycles. The molecular weight excluding hydrogens is 350 g/mol. The van der Waals surface area contributed by atoms with Crippen LogP contribution in [0.15, 0.2) is 24.4 Å². The van der Waals surface area contributed by atoms with Gasteiger partial charge in [-0.05, 0) is 12.1 Å². The Kier molecular flexibility index (Phi) is 4.56. The lowest BCUT2D eigenvalue weighted by Gasteiger charge is -2.16. The number of methoxy groups -OCH3 is 1. The molecule has 8 heteroatoms. The first-order chi connectivity index (χ1) is 9.74. The molecule has 0 saturated heterocycles. The van der Waals surface area contributed by atoms with Gasteiger partial charge in [-0.25, -0.2) is 4.98 Å². The molecule has 0 radical (unpaired) electrons. The van der Waals surface area contributed by atoms with Crippen LogP contribution in [0.5, 0.6) is 5.88 Å². The van der Waals surface area contributed by atoms with Gasteiger partial charge < -0.3 is 4.74 Å². The Morgan fingerprint density at radius 2 is 1.62 bits per heavy atom. The number of pyridine rings is 1. The molecule has 2 nitrogen and oxygen atoms in total. The monoisotopic (exact) mass is 355 g/mol. The summed E-state index contributed by atoms with van der Waals surface area (Å²) in [5, 5.41) is 0.237. The zero-order valence-electron chi connectivity index (χ0n) is 10.4. The highest BCUT2D eigenvalue weighted by Gasteiger charge is 2.35. The van der Waals surface area contributed by atoms with Gasteiger partial charge in [0.05, 0.1) is 22.7 Å². The van der Waals surface area contributed by atoms with E-state index in [9.17, 15) is 13.2 Å². The molecule has 112 valence electrons. The molecule has 0 fully saturated rings. The van der Waals surface area contributed by atoms with Gasteiger partial charge in [0.1, 0.15) is 0 Å². The Hall–Kier alpha value is -1.17. The smallest absolute Gasteiger partial charge is 0.418 e. The van der Waals surface area contributed by atoms with Gasteiger partial charge >= 0.3 is 6.18 Å². The Morgan fingerprint density at radius 3 is 2.10 bits per heavy atom. The SMILES string of the molecule is COc1cc(-c2c(Cl)cc(Cl)cc2Cl)c(C(F)(F)F)cn1. The van der Waals surface area contributed by atoms with Gasteiger partial charge in [0.25, 0.3) is 0 Å². The van der Waals surface area contributed by atoms with Crippen LogP contribution in [0.25, 0.3) is 11.1 Å². The largest absolute Gasteiger partial charge is 0.481 e. The molecule has 1 aromatic heterocycles. The quantitative estimate of drug-likeness (QED) is 0.685. The highest BCUT2D eigenvalue weighted by atomic mass is 35.5. The van der Waals surface area contributed by atoms with E-state index < -0.39 is 11.7 Å². The Morgan fingerprint density at radius 1 is 1.05 bits per heavy atom. The Balaban J connectivity index is 2.78. The summed E-state index contributed by atoms with van der Waals surface area (Å²) in [6.07, 6.45) is -3.93. The van der Waals surface area contributed by atoms with Crippen LogP contribution in [0, 0.1) is 0 Å². The van der Waals surface area contributed by atoms with Crippen molar-refractivity contribution in [3.8, 4) is 17.0 Å². The van der Waals surface area contributed by atoms with Crippen LogP contribution in [-0.4, -0.2) is 12.1 Å². The fourth-order valence-electron chi connectivity index (χ4n) is 1.78. The minimum absolute atomic E-state index is 0.00579. The van der Waals surface area contributed by atoms with Crippen LogP contribution in [0.4, 0.5) is 13.2 Å². The maximum atomic E-state index is 13.1. The van der Waals surface area contributed by atoms with Crippen molar-refractivity contribution in [3.63, 3.8) is 0 Å². The molecular formula is C13H7Cl3F3NO. The number of nitrogens with zero attached hydrogens (tertiary/aromatic N) is 1. The predicted octanol–water partition coefficient (Wildman–Crippen LogP) is 5.74. The minimum atomic E-state index is -4.61. The van der Waals surface area contributed by atoms with Crippen LogP contribution in [-0.2, 0) is 6.18 Å². The van der Waals surface area contributed by atoms with Crippen LogP contribution in [0.3, 0.4) is 0 Å². The third kappa shape index (κ3) is 3.36. The second kappa shape index (κ2) is 5.91. The summed E-state index contributed by atoms with van der Waals surface area (Å²) in [7, 11) is 1.30. The normalized spacial score (nSPS) is 11.6. The fourth-order valence-corrected chi connectivity index (χ4v) is 2.80. The number of alkyl halides is 3. The second-order valence-corrected chi connectivity index (χ2v) is 5.27. The van der Waals surface area contributed by atoms with Crippen molar-refractivity contribution in [3.05, 3.63) is 45.0 Å². The molecule has 2 rings (SSSR count). The van der Waals surface area contributed by atoms with Crippen LogP contribution in [0.1, 0.15) is 5.56 Å². The molecule has 0 amide bonds. The number of rotatable bonds is 2. The zero-order chi connectivity index (χ0) is 15.8. The second-order valence-electron chi connectivity index (χ2n) is 4.01. The van der Waals surface area contributed by atoms with Gasteiger partial charge in [-0.3, -0.25) is 0 Å². The van der Waals surface area contributed by atoms with Crippen molar-refractivity contribution >= 4 is 34.8 Å². The molecule has 0 spiro atoms. The van der Waals surface area contributed by atoms with Gasteiger partial charge in [-0.2, -0.15) is 13.2 Å². The van der Waals surface area contributed by atoms with E-state index in [0.717, 1.165) is 6.07 Å². The molecule has 1 heterocycles. The summed E-state index contributed by atoms with van der Waals surface area (Å²) in [6, 6.07) is 3.76. The van der Waals surface area contributed by atoms with Crippen molar-refractivity contribution in [1.29, 1.82) is 0 Å². The van der Waals surface area contributed by atoms with Gasteiger partial charge in [-0.15, -0.1) is 0 Å². The third-order valence-corrected chi connectivity index (χ3v) is 3.48. The van der Waals surface area contributed by atoms with Crippen molar-refractivity contribution in [2.24, 2.45) is 0 Å². The fraction of sp³-hybridized carbons (Fsp3) is 0.154. The molecule has 0 bridgehead atoms. The summed E-state index contributed by atoms with van der Waals surface area (Å²) >= 11 is 17.7. The van der Waals surface area contributed by atoms with Crippen molar-refractivity contribution < 1.29 is 17.9 Å². The lowest BCUT2D eigenvalue weighted by atomic mass is 10.0. The summed E-state index contributed by atoms with van der Waals surface area (Å²) in [6.45, 7) is 0.